The minimum atomic E-state index is 0.242. The van der Waals surface area contributed by atoms with E-state index in [4.69, 9.17) is 0 Å². The van der Waals surface area contributed by atoms with Gasteiger partial charge >= 0.3 is 0 Å². The number of phenols is 1. The predicted molar refractivity (Wildman–Crippen MR) is 108 cm³/mol. The van der Waals surface area contributed by atoms with Crippen LogP contribution in [-0.4, -0.2) is 15.1 Å². The monoisotopic (exact) mass is 361 g/mol. The van der Waals surface area contributed by atoms with Crippen molar-refractivity contribution in [3.63, 3.8) is 0 Å². The van der Waals surface area contributed by atoms with Crippen LogP contribution in [0.4, 0.5) is 11.5 Å². The van der Waals surface area contributed by atoms with Gasteiger partial charge in [0.05, 0.1) is 5.39 Å². The molecule has 0 saturated carbocycles. The van der Waals surface area contributed by atoms with Crippen LogP contribution >= 0.6 is 11.3 Å². The minimum Gasteiger partial charge on any atom is -0.508 e. The maximum atomic E-state index is 9.49. The zero-order valence-electron chi connectivity index (χ0n) is 14.9. The molecule has 5 heteroatoms. The highest BCUT2D eigenvalue weighted by molar-refractivity contribution is 7.17. The number of aromatic nitrogens is 2. The summed E-state index contributed by atoms with van der Waals surface area (Å²) in [4.78, 5) is 10.2. The standard InChI is InChI=1S/C21H19N3OS/c1-12-4-5-15(10-13(12)2)18-11-26-21-19(18)20(22-14(3)23-21)24-16-6-8-17(25)9-7-16/h4-11,25H,1-3H3,(H,22,23,24). The van der Waals surface area contributed by atoms with Crippen molar-refractivity contribution in [1.82, 2.24) is 9.97 Å². The Bertz CT molecular complexity index is 1100. The van der Waals surface area contributed by atoms with Gasteiger partial charge < -0.3 is 10.4 Å². The second-order valence-corrected chi connectivity index (χ2v) is 7.28. The molecule has 0 unspecified atom stereocenters. The van der Waals surface area contributed by atoms with Gasteiger partial charge in [0.25, 0.3) is 0 Å². The normalized spacial score (nSPS) is 11.0. The van der Waals surface area contributed by atoms with E-state index in [1.165, 1.54) is 16.7 Å². The Morgan fingerprint density at radius 2 is 1.69 bits per heavy atom. The van der Waals surface area contributed by atoms with E-state index in [9.17, 15) is 5.11 Å². The van der Waals surface area contributed by atoms with Gasteiger partial charge in [-0.25, -0.2) is 9.97 Å². The lowest BCUT2D eigenvalue weighted by Gasteiger charge is -2.10. The van der Waals surface area contributed by atoms with Crippen LogP contribution in [0, 0.1) is 20.8 Å². The Labute approximate surface area is 156 Å². The van der Waals surface area contributed by atoms with Gasteiger partial charge in [-0.1, -0.05) is 18.2 Å². The number of fused-ring (bicyclic) bond motifs is 1. The lowest BCUT2D eigenvalue weighted by molar-refractivity contribution is 0.475. The van der Waals surface area contributed by atoms with E-state index in [-0.39, 0.29) is 5.75 Å². The molecule has 0 aliphatic carbocycles. The Hall–Kier alpha value is -2.92. The number of nitrogens with zero attached hydrogens (tertiary/aromatic N) is 2. The zero-order chi connectivity index (χ0) is 18.3. The number of hydrogen-bond donors (Lipinski definition) is 2. The number of aromatic hydroxyl groups is 1. The highest BCUT2D eigenvalue weighted by Gasteiger charge is 2.15. The zero-order valence-corrected chi connectivity index (χ0v) is 15.7. The molecule has 4 rings (SSSR count). The minimum absolute atomic E-state index is 0.242. The molecule has 0 bridgehead atoms. The van der Waals surface area contributed by atoms with Crippen LogP contribution < -0.4 is 5.32 Å². The summed E-state index contributed by atoms with van der Waals surface area (Å²) in [6.07, 6.45) is 0. The van der Waals surface area contributed by atoms with Gasteiger partial charge in [0.15, 0.2) is 0 Å². The van der Waals surface area contributed by atoms with Gasteiger partial charge in [-0.2, -0.15) is 0 Å². The first-order valence-corrected chi connectivity index (χ1v) is 9.29. The van der Waals surface area contributed by atoms with Crippen LogP contribution in [0.5, 0.6) is 5.75 Å². The van der Waals surface area contributed by atoms with Crippen LogP contribution in [0.1, 0.15) is 17.0 Å². The molecule has 0 fully saturated rings. The summed E-state index contributed by atoms with van der Waals surface area (Å²) in [6.45, 7) is 6.15. The Morgan fingerprint density at radius 1 is 0.923 bits per heavy atom. The lowest BCUT2D eigenvalue weighted by Crippen LogP contribution is -1.98. The molecule has 0 aliphatic heterocycles. The van der Waals surface area contributed by atoms with Gasteiger partial charge in [0, 0.05) is 16.6 Å². The fourth-order valence-electron chi connectivity index (χ4n) is 2.94. The maximum Gasteiger partial charge on any atom is 0.143 e. The molecule has 0 radical (unpaired) electrons. The molecule has 0 amide bonds. The number of rotatable bonds is 3. The van der Waals surface area contributed by atoms with Gasteiger partial charge in [-0.15, -0.1) is 11.3 Å². The summed E-state index contributed by atoms with van der Waals surface area (Å²) >= 11 is 1.63. The molecule has 2 aromatic heterocycles. The predicted octanol–water partition coefficient (Wildman–Crippen LogP) is 5.73. The molecule has 26 heavy (non-hydrogen) atoms. The molecule has 0 saturated heterocycles. The first-order chi connectivity index (χ1) is 12.5. The first-order valence-electron chi connectivity index (χ1n) is 8.41. The van der Waals surface area contributed by atoms with E-state index < -0.39 is 0 Å². The van der Waals surface area contributed by atoms with Crippen LogP contribution in [0.3, 0.4) is 0 Å². The molecule has 130 valence electrons. The highest BCUT2D eigenvalue weighted by Crippen LogP contribution is 2.38. The number of thiophene rings is 1. The van der Waals surface area contributed by atoms with Gasteiger partial charge in [0.1, 0.15) is 22.2 Å². The van der Waals surface area contributed by atoms with Crippen molar-refractivity contribution in [3.8, 4) is 16.9 Å². The van der Waals surface area contributed by atoms with E-state index in [2.05, 4.69) is 52.7 Å². The van der Waals surface area contributed by atoms with Gasteiger partial charge in [-0.05, 0) is 61.7 Å². The topological polar surface area (TPSA) is 58.0 Å². The number of benzene rings is 2. The highest BCUT2D eigenvalue weighted by atomic mass is 32.1. The second-order valence-electron chi connectivity index (χ2n) is 6.42. The molecule has 4 aromatic rings. The maximum absolute atomic E-state index is 9.49. The molecule has 0 aliphatic rings. The van der Waals surface area contributed by atoms with Gasteiger partial charge in [-0.3, -0.25) is 0 Å². The Balaban J connectivity index is 1.87. The summed E-state index contributed by atoms with van der Waals surface area (Å²) in [5.74, 6) is 1.76. The van der Waals surface area contributed by atoms with Crippen LogP contribution in [0.25, 0.3) is 21.3 Å². The van der Waals surface area contributed by atoms with E-state index in [1.807, 2.05) is 19.1 Å². The van der Waals surface area contributed by atoms with Crippen LogP contribution in [-0.2, 0) is 0 Å². The quantitative estimate of drug-likeness (QED) is 0.457. The third-order valence-electron chi connectivity index (χ3n) is 4.49. The molecule has 0 spiro atoms. The Morgan fingerprint density at radius 3 is 2.42 bits per heavy atom. The third-order valence-corrected chi connectivity index (χ3v) is 5.37. The third kappa shape index (κ3) is 3.02. The molecular formula is C21H19N3OS. The smallest absolute Gasteiger partial charge is 0.143 e. The van der Waals surface area contributed by atoms with Crippen molar-refractivity contribution in [2.45, 2.75) is 20.8 Å². The van der Waals surface area contributed by atoms with Crippen molar-refractivity contribution in [2.24, 2.45) is 0 Å². The van der Waals surface area contributed by atoms with Crippen LogP contribution in [0.15, 0.2) is 47.8 Å². The number of phenolic OH excluding ortho intramolecular Hbond substituents is 1. The van der Waals surface area contributed by atoms with Crippen molar-refractivity contribution in [3.05, 3.63) is 64.8 Å². The fraction of sp³-hybridized carbons (Fsp3) is 0.143. The molecule has 4 nitrogen and oxygen atoms in total. The molecule has 2 N–H and O–H groups in total. The van der Waals surface area contributed by atoms with Crippen molar-refractivity contribution in [1.29, 1.82) is 0 Å². The average Bonchev–Trinajstić information content (AvgIpc) is 3.03. The molecule has 0 atom stereocenters. The summed E-state index contributed by atoms with van der Waals surface area (Å²) in [7, 11) is 0. The summed E-state index contributed by atoms with van der Waals surface area (Å²) in [5.41, 5.74) is 5.72. The second kappa shape index (κ2) is 6.42. The largest absolute Gasteiger partial charge is 0.508 e. The van der Waals surface area contributed by atoms with E-state index in [0.29, 0.717) is 0 Å². The lowest BCUT2D eigenvalue weighted by atomic mass is 10.0. The molecule has 2 aromatic carbocycles. The summed E-state index contributed by atoms with van der Waals surface area (Å²) in [5, 5.41) is 16.0. The van der Waals surface area contributed by atoms with E-state index >= 15 is 0 Å². The van der Waals surface area contributed by atoms with Crippen molar-refractivity contribution < 1.29 is 5.11 Å². The Kier molecular flexibility index (Phi) is 4.09. The number of aryl methyl sites for hydroxylation is 3. The average molecular weight is 361 g/mol. The van der Waals surface area contributed by atoms with Crippen molar-refractivity contribution >= 4 is 33.1 Å². The number of nitrogens with one attached hydrogen (secondary N) is 1. The molecular weight excluding hydrogens is 342 g/mol. The van der Waals surface area contributed by atoms with Crippen LogP contribution in [0.2, 0.25) is 0 Å². The number of anilines is 2. The SMILES string of the molecule is Cc1nc(Nc2ccc(O)cc2)c2c(-c3ccc(C)c(C)c3)csc2n1. The molecule has 2 heterocycles. The first kappa shape index (κ1) is 16.5. The van der Waals surface area contributed by atoms with Crippen molar-refractivity contribution in [2.75, 3.05) is 5.32 Å². The number of hydrogen-bond acceptors (Lipinski definition) is 5. The van der Waals surface area contributed by atoms with E-state index in [1.54, 1.807) is 23.5 Å². The summed E-state index contributed by atoms with van der Waals surface area (Å²) in [6, 6.07) is 13.5. The summed E-state index contributed by atoms with van der Waals surface area (Å²) < 4.78 is 0. The van der Waals surface area contributed by atoms with Gasteiger partial charge in [0.2, 0.25) is 0 Å². The fourth-order valence-corrected chi connectivity index (χ4v) is 3.93. The van der Waals surface area contributed by atoms with E-state index in [0.717, 1.165) is 33.1 Å².